The van der Waals surface area contributed by atoms with Crippen LogP contribution < -0.4 is 14.8 Å². The molecule has 152 valence electrons. The van der Waals surface area contributed by atoms with Crippen molar-refractivity contribution < 1.29 is 19.1 Å². The van der Waals surface area contributed by atoms with E-state index in [4.69, 9.17) is 21.1 Å². The number of imide groups is 1. The molecule has 0 aliphatic carbocycles. The Morgan fingerprint density at radius 2 is 1.69 bits per heavy atom. The van der Waals surface area contributed by atoms with Crippen LogP contribution in [-0.2, 0) is 9.59 Å². The SMILES string of the molecule is COc1ccc(C2=C(Nc3ccc(OC)c(Cl)c3)C(=O)N(CC(C)C)C2=O)cc1. The van der Waals surface area contributed by atoms with Crippen LogP contribution in [0.25, 0.3) is 5.57 Å². The lowest BCUT2D eigenvalue weighted by Gasteiger charge is -2.17. The quantitative estimate of drug-likeness (QED) is 0.687. The van der Waals surface area contributed by atoms with E-state index in [0.717, 1.165) is 0 Å². The summed E-state index contributed by atoms with van der Waals surface area (Å²) in [4.78, 5) is 27.5. The molecule has 1 N–H and O–H groups in total. The maximum atomic E-state index is 13.1. The van der Waals surface area contributed by atoms with E-state index in [9.17, 15) is 9.59 Å². The highest BCUT2D eigenvalue weighted by molar-refractivity contribution is 6.36. The van der Waals surface area contributed by atoms with Crippen molar-refractivity contribution in [2.75, 3.05) is 26.1 Å². The molecule has 29 heavy (non-hydrogen) atoms. The van der Waals surface area contributed by atoms with E-state index in [1.54, 1.807) is 49.6 Å². The maximum Gasteiger partial charge on any atom is 0.278 e. The summed E-state index contributed by atoms with van der Waals surface area (Å²) in [6.07, 6.45) is 0. The average molecular weight is 415 g/mol. The Hall–Kier alpha value is -2.99. The van der Waals surface area contributed by atoms with Crippen LogP contribution in [0, 0.1) is 5.92 Å². The smallest absolute Gasteiger partial charge is 0.278 e. The second-order valence-corrected chi connectivity index (χ2v) is 7.47. The lowest BCUT2D eigenvalue weighted by molar-refractivity contribution is -0.137. The lowest BCUT2D eigenvalue weighted by atomic mass is 10.0. The fourth-order valence-electron chi connectivity index (χ4n) is 3.14. The zero-order chi connectivity index (χ0) is 21.1. The van der Waals surface area contributed by atoms with Gasteiger partial charge in [0.1, 0.15) is 17.2 Å². The number of anilines is 1. The standard InChI is InChI=1S/C22H23ClN2O4/c1-13(2)12-25-21(26)19(14-5-8-16(28-3)9-6-14)20(22(25)27)24-15-7-10-18(29-4)17(23)11-15/h5-11,13,24H,12H2,1-4H3. The van der Waals surface area contributed by atoms with E-state index in [2.05, 4.69) is 5.32 Å². The van der Waals surface area contributed by atoms with Gasteiger partial charge in [-0.2, -0.15) is 0 Å². The van der Waals surface area contributed by atoms with Crippen LogP contribution in [0.3, 0.4) is 0 Å². The van der Waals surface area contributed by atoms with Gasteiger partial charge in [-0.1, -0.05) is 37.6 Å². The number of methoxy groups -OCH3 is 2. The van der Waals surface area contributed by atoms with Crippen LogP contribution in [-0.4, -0.2) is 37.5 Å². The van der Waals surface area contributed by atoms with Gasteiger partial charge >= 0.3 is 0 Å². The number of benzene rings is 2. The summed E-state index contributed by atoms with van der Waals surface area (Å²) in [5.41, 5.74) is 1.77. The molecule has 0 aromatic heterocycles. The van der Waals surface area contributed by atoms with Crippen molar-refractivity contribution in [1.29, 1.82) is 0 Å². The molecule has 2 aromatic rings. The third-order valence-corrected chi connectivity index (χ3v) is 4.81. The lowest BCUT2D eigenvalue weighted by Crippen LogP contribution is -2.35. The first-order chi connectivity index (χ1) is 13.8. The van der Waals surface area contributed by atoms with Crippen molar-refractivity contribution in [3.05, 3.63) is 58.7 Å². The fourth-order valence-corrected chi connectivity index (χ4v) is 3.39. The third-order valence-electron chi connectivity index (χ3n) is 4.52. The van der Waals surface area contributed by atoms with Gasteiger partial charge in [0, 0.05) is 12.2 Å². The molecule has 0 saturated heterocycles. The van der Waals surface area contributed by atoms with Gasteiger partial charge in [-0.05, 0) is 41.8 Å². The summed E-state index contributed by atoms with van der Waals surface area (Å²) in [5, 5.41) is 3.49. The minimum absolute atomic E-state index is 0.148. The molecule has 1 heterocycles. The zero-order valence-electron chi connectivity index (χ0n) is 16.8. The van der Waals surface area contributed by atoms with E-state index >= 15 is 0 Å². The number of halogens is 1. The Morgan fingerprint density at radius 1 is 1.00 bits per heavy atom. The molecule has 1 aliphatic heterocycles. The second-order valence-electron chi connectivity index (χ2n) is 7.07. The first-order valence-corrected chi connectivity index (χ1v) is 9.59. The van der Waals surface area contributed by atoms with Crippen LogP contribution in [0.15, 0.2) is 48.2 Å². The molecule has 0 saturated carbocycles. The van der Waals surface area contributed by atoms with Crippen LogP contribution in [0.1, 0.15) is 19.4 Å². The fraction of sp³-hybridized carbons (Fsp3) is 0.273. The van der Waals surface area contributed by atoms with E-state index in [0.29, 0.717) is 39.9 Å². The van der Waals surface area contributed by atoms with Crippen molar-refractivity contribution in [3.63, 3.8) is 0 Å². The molecule has 0 spiro atoms. The van der Waals surface area contributed by atoms with Crippen molar-refractivity contribution >= 4 is 34.7 Å². The predicted octanol–water partition coefficient (Wildman–Crippen LogP) is 4.21. The molecule has 0 fully saturated rings. The number of nitrogens with zero attached hydrogens (tertiary/aromatic N) is 1. The number of ether oxygens (including phenoxy) is 2. The highest BCUT2D eigenvalue weighted by Gasteiger charge is 2.39. The zero-order valence-corrected chi connectivity index (χ0v) is 17.5. The monoisotopic (exact) mass is 414 g/mol. The van der Waals surface area contributed by atoms with Crippen molar-refractivity contribution in [1.82, 2.24) is 4.90 Å². The van der Waals surface area contributed by atoms with E-state index in [-0.39, 0.29) is 23.4 Å². The molecule has 2 amide bonds. The Bertz CT molecular complexity index is 967. The summed E-state index contributed by atoms with van der Waals surface area (Å²) < 4.78 is 10.4. The predicted molar refractivity (Wildman–Crippen MR) is 113 cm³/mol. The highest BCUT2D eigenvalue weighted by Crippen LogP contribution is 2.33. The van der Waals surface area contributed by atoms with Gasteiger partial charge in [0.2, 0.25) is 0 Å². The van der Waals surface area contributed by atoms with Crippen molar-refractivity contribution in [3.8, 4) is 11.5 Å². The topological polar surface area (TPSA) is 67.9 Å². The largest absolute Gasteiger partial charge is 0.497 e. The molecule has 6 nitrogen and oxygen atoms in total. The summed E-state index contributed by atoms with van der Waals surface area (Å²) >= 11 is 6.21. The first-order valence-electron chi connectivity index (χ1n) is 9.21. The molecule has 1 aliphatic rings. The first kappa shape index (κ1) is 20.7. The summed E-state index contributed by atoms with van der Waals surface area (Å²) in [6, 6.07) is 12.1. The van der Waals surface area contributed by atoms with Gasteiger partial charge in [-0.25, -0.2) is 0 Å². The van der Waals surface area contributed by atoms with Gasteiger partial charge in [0.05, 0.1) is 24.8 Å². The number of hydrogen-bond acceptors (Lipinski definition) is 5. The average Bonchev–Trinajstić information content (AvgIpc) is 2.92. The van der Waals surface area contributed by atoms with Crippen molar-refractivity contribution in [2.45, 2.75) is 13.8 Å². The summed E-state index contributed by atoms with van der Waals surface area (Å²) in [6.45, 7) is 4.26. The molecule has 2 aromatic carbocycles. The van der Waals surface area contributed by atoms with Gasteiger partial charge in [0.15, 0.2) is 0 Å². The maximum absolute atomic E-state index is 13.1. The summed E-state index contributed by atoms with van der Waals surface area (Å²) in [7, 11) is 3.10. The number of carbonyl (C=O) groups excluding carboxylic acids is 2. The summed E-state index contributed by atoms with van der Waals surface area (Å²) in [5.74, 6) is 0.658. The Kier molecular flexibility index (Phi) is 6.13. The molecular weight excluding hydrogens is 392 g/mol. The molecule has 7 heteroatoms. The van der Waals surface area contributed by atoms with Gasteiger partial charge in [-0.15, -0.1) is 0 Å². The number of hydrogen-bond donors (Lipinski definition) is 1. The number of nitrogens with one attached hydrogen (secondary N) is 1. The third kappa shape index (κ3) is 4.22. The van der Waals surface area contributed by atoms with Crippen LogP contribution in [0.5, 0.6) is 11.5 Å². The molecule has 0 radical (unpaired) electrons. The van der Waals surface area contributed by atoms with Crippen molar-refractivity contribution in [2.24, 2.45) is 5.92 Å². The number of carbonyl (C=O) groups is 2. The minimum atomic E-state index is -0.360. The van der Waals surface area contributed by atoms with Crippen LogP contribution in [0.4, 0.5) is 5.69 Å². The molecule has 0 atom stereocenters. The highest BCUT2D eigenvalue weighted by atomic mass is 35.5. The normalized spacial score (nSPS) is 14.1. The van der Waals surface area contributed by atoms with Gasteiger partial charge in [0.25, 0.3) is 11.8 Å². The van der Waals surface area contributed by atoms with Gasteiger partial charge in [-0.3, -0.25) is 14.5 Å². The van der Waals surface area contributed by atoms with Gasteiger partial charge < -0.3 is 14.8 Å². The van der Waals surface area contributed by atoms with Crippen LogP contribution >= 0.6 is 11.6 Å². The second kappa shape index (κ2) is 8.57. The molecule has 0 bridgehead atoms. The Morgan fingerprint density at radius 3 is 2.24 bits per heavy atom. The van der Waals surface area contributed by atoms with Crippen LogP contribution in [0.2, 0.25) is 5.02 Å². The molecule has 3 rings (SSSR count). The molecule has 0 unspecified atom stereocenters. The Balaban J connectivity index is 2.04. The number of amides is 2. The van der Waals surface area contributed by atoms with E-state index < -0.39 is 0 Å². The van der Waals surface area contributed by atoms with E-state index in [1.165, 1.54) is 12.0 Å². The minimum Gasteiger partial charge on any atom is -0.497 e. The van der Waals surface area contributed by atoms with E-state index in [1.807, 2.05) is 13.8 Å². The number of rotatable bonds is 7. The Labute approximate surface area is 175 Å². The molecular formula is C22H23ClN2O4.